The van der Waals surface area contributed by atoms with Crippen LogP contribution in [-0.4, -0.2) is 35.2 Å². The Balaban J connectivity index is 1.11. The fourth-order valence-electron chi connectivity index (χ4n) is 14.4. The average Bonchev–Trinajstić information content (AvgIpc) is 3.50. The van der Waals surface area contributed by atoms with Crippen LogP contribution in [0.1, 0.15) is 159 Å². The van der Waals surface area contributed by atoms with Crippen LogP contribution in [-0.2, 0) is 4.74 Å². The molecule has 0 saturated heterocycles. The van der Waals surface area contributed by atoms with Gasteiger partial charge in [0.25, 0.3) is 5.91 Å². The Hall–Kier alpha value is -2.58. The summed E-state index contributed by atoms with van der Waals surface area (Å²) in [7, 11) is 0. The maximum Gasteiger partial charge on any atom is 0.338 e. The second-order valence-electron chi connectivity index (χ2n) is 19.8. The highest BCUT2D eigenvalue weighted by Gasteiger charge is 2.71. The van der Waals surface area contributed by atoms with Crippen molar-refractivity contribution in [3.8, 4) is 12.3 Å². The second-order valence-corrected chi connectivity index (χ2v) is 19.8. The van der Waals surface area contributed by atoms with Crippen LogP contribution in [0.15, 0.2) is 36.4 Å². The molecular weight excluding hydrogens is 631 g/mol. The summed E-state index contributed by atoms with van der Waals surface area (Å²) in [5.74, 6) is 4.95. The summed E-state index contributed by atoms with van der Waals surface area (Å²) in [6.45, 7) is 19.8. The van der Waals surface area contributed by atoms with Crippen molar-refractivity contribution in [2.45, 2.75) is 149 Å². The summed E-state index contributed by atoms with van der Waals surface area (Å²) in [6, 6.07) is 6.97. The summed E-state index contributed by atoms with van der Waals surface area (Å²) >= 11 is 0. The van der Waals surface area contributed by atoms with Gasteiger partial charge in [0.2, 0.25) is 0 Å². The number of fused-ring (bicyclic) bond motifs is 7. The van der Waals surface area contributed by atoms with Gasteiger partial charge in [-0.2, -0.15) is 0 Å². The van der Waals surface area contributed by atoms with Crippen LogP contribution >= 0.6 is 0 Å². The van der Waals surface area contributed by atoms with E-state index >= 15 is 0 Å². The van der Waals surface area contributed by atoms with Crippen LogP contribution in [0.25, 0.3) is 0 Å². The summed E-state index contributed by atoms with van der Waals surface area (Å²) in [5.41, 5.74) is 2.13. The number of ether oxygens (including phenoxy) is 1. The predicted octanol–water partition coefficient (Wildman–Crippen LogP) is 9.93. The topological polar surface area (TPSA) is 75.6 Å². The molecule has 6 fully saturated rings. The Morgan fingerprint density at radius 2 is 1.61 bits per heavy atom. The number of benzene rings is 1. The standard InChI is InChI=1S/C46H65NO4/c1-9-46(21-11-10-12-22-46)47-39(49)31-14-13-15-32(28-31)40(50)51-29-45-25-18-33(30(2)3)38(45)34-16-17-36-42(6)23-20-37(48)41(4,5)35(42)19-24-44(36,8)43(34,7)26-27-45/h1,13-15,28,33-38,48H,2,10-12,16-27,29H2,3-8H3,(H,47,49)/t33-,34+,35-,36+,37-,38+,42-,43+,44+,45+/m0/s1. The van der Waals surface area contributed by atoms with Crippen molar-refractivity contribution in [1.82, 2.24) is 5.32 Å². The van der Waals surface area contributed by atoms with Crippen LogP contribution in [0.4, 0.5) is 0 Å². The Morgan fingerprint density at radius 1 is 0.882 bits per heavy atom. The zero-order valence-electron chi connectivity index (χ0n) is 32.5. The van der Waals surface area contributed by atoms with Gasteiger partial charge in [-0.3, -0.25) is 4.79 Å². The van der Waals surface area contributed by atoms with Gasteiger partial charge in [-0.05, 0) is 153 Å². The van der Waals surface area contributed by atoms with Crippen molar-refractivity contribution in [3.63, 3.8) is 0 Å². The second kappa shape index (κ2) is 12.8. The molecule has 51 heavy (non-hydrogen) atoms. The number of hydrogen-bond acceptors (Lipinski definition) is 4. The van der Waals surface area contributed by atoms with Gasteiger partial charge in [0.05, 0.1) is 18.3 Å². The lowest BCUT2D eigenvalue weighted by Gasteiger charge is -2.73. The minimum absolute atomic E-state index is 0.0449. The molecule has 6 aliphatic rings. The van der Waals surface area contributed by atoms with Crippen LogP contribution in [0.3, 0.4) is 0 Å². The van der Waals surface area contributed by atoms with Gasteiger partial charge in [0, 0.05) is 11.0 Å². The zero-order chi connectivity index (χ0) is 36.6. The van der Waals surface area contributed by atoms with Gasteiger partial charge in [-0.15, -0.1) is 6.42 Å². The molecule has 5 heteroatoms. The van der Waals surface area contributed by atoms with Gasteiger partial charge < -0.3 is 15.2 Å². The monoisotopic (exact) mass is 695 g/mol. The molecule has 1 aromatic rings. The van der Waals surface area contributed by atoms with Gasteiger partial charge in [0.15, 0.2) is 0 Å². The lowest BCUT2D eigenvalue weighted by molar-refractivity contribution is -0.249. The van der Waals surface area contributed by atoms with Gasteiger partial charge >= 0.3 is 5.97 Å². The highest BCUT2D eigenvalue weighted by atomic mass is 16.5. The molecule has 10 atom stereocenters. The van der Waals surface area contributed by atoms with Gasteiger partial charge in [-0.25, -0.2) is 4.79 Å². The molecule has 0 aromatic heterocycles. The Bertz CT molecular complexity index is 1600. The molecule has 1 amide bonds. The molecule has 6 saturated carbocycles. The van der Waals surface area contributed by atoms with Crippen LogP contribution in [0.5, 0.6) is 0 Å². The number of allylic oxidation sites excluding steroid dienone is 1. The van der Waals surface area contributed by atoms with E-state index in [1.165, 1.54) is 37.7 Å². The molecule has 7 rings (SSSR count). The molecule has 6 aliphatic carbocycles. The molecule has 0 aliphatic heterocycles. The van der Waals surface area contributed by atoms with E-state index in [4.69, 9.17) is 11.2 Å². The molecule has 0 radical (unpaired) electrons. The minimum atomic E-state index is -0.611. The number of terminal acetylenes is 1. The highest BCUT2D eigenvalue weighted by Crippen LogP contribution is 2.77. The third kappa shape index (κ3) is 5.58. The van der Waals surface area contributed by atoms with E-state index in [0.717, 1.165) is 64.2 Å². The first kappa shape index (κ1) is 36.8. The smallest absolute Gasteiger partial charge is 0.338 e. The van der Waals surface area contributed by atoms with E-state index in [1.807, 2.05) is 0 Å². The van der Waals surface area contributed by atoms with Gasteiger partial charge in [0.1, 0.15) is 5.54 Å². The third-order valence-electron chi connectivity index (χ3n) is 17.4. The van der Waals surface area contributed by atoms with E-state index in [-0.39, 0.29) is 45.1 Å². The minimum Gasteiger partial charge on any atom is -0.461 e. The van der Waals surface area contributed by atoms with Crippen molar-refractivity contribution in [2.24, 2.45) is 56.7 Å². The number of aliphatic hydroxyl groups excluding tert-OH is 1. The number of aliphatic hydroxyl groups is 1. The van der Waals surface area contributed by atoms with Crippen molar-refractivity contribution in [1.29, 1.82) is 0 Å². The molecule has 5 nitrogen and oxygen atoms in total. The maximum atomic E-state index is 13.8. The zero-order valence-corrected chi connectivity index (χ0v) is 32.5. The normalized spacial score (nSPS) is 42.2. The number of esters is 1. The number of rotatable bonds is 6. The summed E-state index contributed by atoms with van der Waals surface area (Å²) in [6.07, 6.45) is 21.8. The number of carbonyl (C=O) groups excluding carboxylic acids is 2. The number of carbonyl (C=O) groups is 2. The first-order chi connectivity index (χ1) is 24.1. The average molecular weight is 696 g/mol. The van der Waals surface area contributed by atoms with E-state index in [0.29, 0.717) is 47.3 Å². The first-order valence-corrected chi connectivity index (χ1v) is 20.5. The van der Waals surface area contributed by atoms with Crippen LogP contribution in [0.2, 0.25) is 0 Å². The van der Waals surface area contributed by atoms with Gasteiger partial charge in [-0.1, -0.05) is 78.0 Å². The van der Waals surface area contributed by atoms with Crippen molar-refractivity contribution in [2.75, 3.05) is 6.61 Å². The van der Waals surface area contributed by atoms with Crippen molar-refractivity contribution < 1.29 is 19.4 Å². The number of hydrogen-bond donors (Lipinski definition) is 2. The summed E-state index contributed by atoms with van der Waals surface area (Å²) in [4.78, 5) is 27.1. The van der Waals surface area contributed by atoms with Crippen LogP contribution < -0.4 is 5.32 Å². The first-order valence-electron chi connectivity index (χ1n) is 20.5. The molecule has 0 unspecified atom stereocenters. The fraction of sp³-hybridized carbons (Fsp3) is 0.739. The molecule has 0 bridgehead atoms. The number of amides is 1. The SMILES string of the molecule is C#CC1(NC(=O)c2cccc(C(=O)OC[C@]34CC[C@@H](C(=C)C)[C@@H]3[C@H]3CC[C@@H]5[C@@]6(C)CC[C@H](O)C(C)(C)[C@@H]6CC[C@@]5(C)[C@]3(C)CC4)c2)CCCCC1. The third-order valence-corrected chi connectivity index (χ3v) is 17.4. The van der Waals surface area contributed by atoms with E-state index < -0.39 is 5.54 Å². The summed E-state index contributed by atoms with van der Waals surface area (Å²) < 4.78 is 6.33. The molecule has 0 heterocycles. The Morgan fingerprint density at radius 3 is 2.31 bits per heavy atom. The Labute approximate surface area is 308 Å². The summed E-state index contributed by atoms with van der Waals surface area (Å²) in [5, 5.41) is 14.2. The van der Waals surface area contributed by atoms with E-state index in [9.17, 15) is 14.7 Å². The molecule has 1 aromatic carbocycles. The lowest BCUT2D eigenvalue weighted by Crippen LogP contribution is -2.66. The molecule has 2 N–H and O–H groups in total. The lowest BCUT2D eigenvalue weighted by atomic mass is 9.32. The molecular formula is C46H65NO4. The van der Waals surface area contributed by atoms with E-state index in [2.05, 4.69) is 59.4 Å². The van der Waals surface area contributed by atoms with Crippen molar-refractivity contribution in [3.05, 3.63) is 47.5 Å². The number of nitrogens with one attached hydrogen (secondary N) is 1. The molecule has 0 spiro atoms. The van der Waals surface area contributed by atoms with E-state index in [1.54, 1.807) is 24.3 Å². The fourth-order valence-corrected chi connectivity index (χ4v) is 14.4. The Kier molecular flexibility index (Phi) is 9.21. The van der Waals surface area contributed by atoms with Crippen LogP contribution in [0, 0.1) is 69.0 Å². The quantitative estimate of drug-likeness (QED) is 0.177. The highest BCUT2D eigenvalue weighted by molar-refractivity contribution is 5.98. The predicted molar refractivity (Wildman–Crippen MR) is 204 cm³/mol. The van der Waals surface area contributed by atoms with Crippen molar-refractivity contribution >= 4 is 11.9 Å². The largest absolute Gasteiger partial charge is 0.461 e. The maximum absolute atomic E-state index is 13.8. The molecule has 278 valence electrons.